The Bertz CT molecular complexity index is 976. The Morgan fingerprint density at radius 2 is 1.73 bits per heavy atom. The zero-order valence-electron chi connectivity index (χ0n) is 14.1. The fourth-order valence-electron chi connectivity index (χ4n) is 2.40. The van der Waals surface area contributed by atoms with Crippen LogP contribution in [0.4, 0.5) is 0 Å². The summed E-state index contributed by atoms with van der Waals surface area (Å²) in [5, 5.41) is 1.93. The maximum Gasteiger partial charge on any atom is 0.269 e. The van der Waals surface area contributed by atoms with Gasteiger partial charge >= 0.3 is 0 Å². The van der Waals surface area contributed by atoms with E-state index in [0.717, 1.165) is 16.8 Å². The Morgan fingerprint density at radius 1 is 1.04 bits per heavy atom. The van der Waals surface area contributed by atoms with Gasteiger partial charge in [-0.1, -0.05) is 48.0 Å². The molecular weight excluding hydrogens is 366 g/mol. The molecule has 0 saturated heterocycles. The van der Waals surface area contributed by atoms with Crippen molar-refractivity contribution in [2.75, 3.05) is 0 Å². The van der Waals surface area contributed by atoms with E-state index in [2.05, 4.69) is 10.9 Å². The Kier molecular flexibility index (Phi) is 5.60. The van der Waals surface area contributed by atoms with Gasteiger partial charge in [0.25, 0.3) is 11.8 Å². The topological polar surface area (TPSA) is 63.1 Å². The lowest BCUT2D eigenvalue weighted by molar-refractivity contribution is -0.122. The number of nitrogens with zero attached hydrogens (tertiary/aromatic N) is 1. The second-order valence-electron chi connectivity index (χ2n) is 5.71. The Morgan fingerprint density at radius 3 is 2.42 bits per heavy atom. The molecule has 0 radical (unpaired) electrons. The molecule has 0 bridgehead atoms. The second-order valence-corrected chi connectivity index (χ2v) is 7.21. The minimum absolute atomic E-state index is 0.0284. The summed E-state index contributed by atoms with van der Waals surface area (Å²) in [4.78, 5) is 24.2. The first-order valence-corrected chi connectivity index (χ1v) is 9.23. The van der Waals surface area contributed by atoms with Gasteiger partial charge in [0.05, 0.1) is 5.69 Å². The molecule has 0 aliphatic rings. The fourth-order valence-corrected chi connectivity index (χ4v) is 3.47. The predicted octanol–water partition coefficient (Wildman–Crippen LogP) is 3.72. The van der Waals surface area contributed by atoms with E-state index in [0.29, 0.717) is 9.52 Å². The number of benzene rings is 2. The number of rotatable bonds is 4. The Balaban J connectivity index is 1.68. The Labute approximate surface area is 160 Å². The zero-order valence-corrected chi connectivity index (χ0v) is 15.7. The summed E-state index contributed by atoms with van der Waals surface area (Å²) in [5.74, 6) is -0.719. The lowest BCUT2D eigenvalue weighted by Crippen LogP contribution is -2.43. The van der Waals surface area contributed by atoms with Crippen LogP contribution in [0.3, 0.4) is 0 Å². The first-order valence-electron chi connectivity index (χ1n) is 7.94. The minimum Gasteiger partial charge on any atom is -0.313 e. The van der Waals surface area contributed by atoms with Gasteiger partial charge in [-0.05, 0) is 36.8 Å². The molecule has 132 valence electrons. The molecule has 5 nitrogen and oxygen atoms in total. The smallest absolute Gasteiger partial charge is 0.269 e. The molecule has 3 aromatic rings. The predicted molar refractivity (Wildman–Crippen MR) is 105 cm³/mol. The van der Waals surface area contributed by atoms with Crippen LogP contribution in [0, 0.1) is 10.9 Å². The highest BCUT2D eigenvalue weighted by Crippen LogP contribution is 2.24. The summed E-state index contributed by atoms with van der Waals surface area (Å²) >= 11 is 6.75. The van der Waals surface area contributed by atoms with Crippen molar-refractivity contribution in [3.05, 3.63) is 75.1 Å². The van der Waals surface area contributed by atoms with E-state index in [4.69, 9.17) is 12.2 Å². The molecule has 0 unspecified atom stereocenters. The number of hydrogen-bond acceptors (Lipinski definition) is 4. The lowest BCUT2D eigenvalue weighted by Gasteiger charge is -2.11. The number of aryl methyl sites for hydroxylation is 1. The van der Waals surface area contributed by atoms with Gasteiger partial charge in [-0.25, -0.2) is 0 Å². The molecule has 1 heterocycles. The third kappa shape index (κ3) is 4.25. The maximum atomic E-state index is 12.2. The van der Waals surface area contributed by atoms with E-state index in [1.54, 1.807) is 28.8 Å². The van der Waals surface area contributed by atoms with Crippen LogP contribution in [0.15, 0.2) is 60.0 Å². The summed E-state index contributed by atoms with van der Waals surface area (Å²) in [5.41, 5.74) is 8.35. The lowest BCUT2D eigenvalue weighted by atomic mass is 10.1. The normalized spacial score (nSPS) is 10.3. The van der Waals surface area contributed by atoms with Crippen LogP contribution in [-0.4, -0.2) is 16.4 Å². The maximum absolute atomic E-state index is 12.2. The molecule has 0 aliphatic carbocycles. The average molecular weight is 383 g/mol. The minimum atomic E-state index is -0.369. The van der Waals surface area contributed by atoms with Gasteiger partial charge in [-0.3, -0.25) is 20.4 Å². The third-order valence-electron chi connectivity index (χ3n) is 3.78. The van der Waals surface area contributed by atoms with E-state index in [1.165, 1.54) is 11.3 Å². The molecule has 7 heteroatoms. The zero-order chi connectivity index (χ0) is 18.5. The van der Waals surface area contributed by atoms with E-state index in [1.807, 2.05) is 42.6 Å². The number of thiazole rings is 1. The van der Waals surface area contributed by atoms with Gasteiger partial charge in [-0.2, -0.15) is 0 Å². The number of carbonyl (C=O) groups excluding carboxylic acids is 2. The molecular formula is C19H17N3O2S2. The number of hydrazine groups is 1. The van der Waals surface area contributed by atoms with Crippen LogP contribution in [0.2, 0.25) is 0 Å². The average Bonchev–Trinajstić information content (AvgIpc) is 3.01. The van der Waals surface area contributed by atoms with Crippen LogP contribution < -0.4 is 10.9 Å². The number of nitrogens with one attached hydrogen (secondary N) is 2. The summed E-state index contributed by atoms with van der Waals surface area (Å²) in [6.45, 7) is 2.05. The van der Waals surface area contributed by atoms with Gasteiger partial charge in [0.2, 0.25) is 0 Å². The van der Waals surface area contributed by atoms with Gasteiger partial charge in [-0.15, -0.1) is 11.3 Å². The summed E-state index contributed by atoms with van der Waals surface area (Å²) in [7, 11) is 0. The van der Waals surface area contributed by atoms with Crippen molar-refractivity contribution in [2.24, 2.45) is 0 Å². The quantitative estimate of drug-likeness (QED) is 0.533. The van der Waals surface area contributed by atoms with E-state index >= 15 is 0 Å². The van der Waals surface area contributed by atoms with Crippen molar-refractivity contribution in [1.82, 2.24) is 15.4 Å². The highest BCUT2D eigenvalue weighted by Gasteiger charge is 2.12. The number of amides is 2. The molecule has 2 aromatic carbocycles. The van der Waals surface area contributed by atoms with Gasteiger partial charge in [0, 0.05) is 10.9 Å². The summed E-state index contributed by atoms with van der Waals surface area (Å²) in [6.07, 6.45) is 0. The highest BCUT2D eigenvalue weighted by atomic mass is 32.1. The van der Waals surface area contributed by atoms with Crippen LogP contribution in [0.1, 0.15) is 15.9 Å². The number of aromatic nitrogens is 1. The fraction of sp³-hybridized carbons (Fsp3) is 0.105. The van der Waals surface area contributed by atoms with Crippen LogP contribution in [-0.2, 0) is 11.3 Å². The summed E-state index contributed by atoms with van der Waals surface area (Å²) < 4.78 is 2.36. The van der Waals surface area contributed by atoms with Gasteiger partial charge in [0.1, 0.15) is 6.54 Å². The van der Waals surface area contributed by atoms with Gasteiger partial charge in [0.15, 0.2) is 3.95 Å². The summed E-state index contributed by atoms with van der Waals surface area (Å²) in [6, 6.07) is 16.7. The second kappa shape index (κ2) is 8.07. The van der Waals surface area contributed by atoms with Crippen molar-refractivity contribution < 1.29 is 9.59 Å². The van der Waals surface area contributed by atoms with Gasteiger partial charge < -0.3 is 4.57 Å². The van der Waals surface area contributed by atoms with Crippen molar-refractivity contribution >= 4 is 35.4 Å². The molecule has 0 aliphatic heterocycles. The molecule has 3 rings (SSSR count). The van der Waals surface area contributed by atoms with Crippen LogP contribution in [0.25, 0.3) is 11.3 Å². The van der Waals surface area contributed by atoms with Crippen molar-refractivity contribution in [3.8, 4) is 11.3 Å². The standard InChI is InChI=1S/C19H17N3O2S2/c1-13-7-9-14(10-8-13)16-12-26-19(25)22(16)11-17(23)20-21-18(24)15-5-3-2-4-6-15/h2-10,12H,11H2,1H3,(H,20,23)(H,21,24). The molecule has 0 spiro atoms. The molecule has 2 N–H and O–H groups in total. The van der Waals surface area contributed by atoms with E-state index in [9.17, 15) is 9.59 Å². The van der Waals surface area contributed by atoms with Crippen molar-refractivity contribution in [1.29, 1.82) is 0 Å². The first kappa shape index (κ1) is 18.0. The molecule has 0 saturated carbocycles. The first-order chi connectivity index (χ1) is 12.5. The Hall–Kier alpha value is -2.77. The number of carbonyl (C=O) groups is 2. The van der Waals surface area contributed by atoms with E-state index < -0.39 is 0 Å². The third-order valence-corrected chi connectivity index (χ3v) is 5.06. The van der Waals surface area contributed by atoms with Crippen molar-refractivity contribution in [3.63, 3.8) is 0 Å². The SMILES string of the molecule is Cc1ccc(-c2csc(=S)n2CC(=O)NNC(=O)c2ccccc2)cc1. The highest BCUT2D eigenvalue weighted by molar-refractivity contribution is 7.73. The molecule has 2 amide bonds. The number of hydrogen-bond donors (Lipinski definition) is 2. The molecule has 0 fully saturated rings. The molecule has 26 heavy (non-hydrogen) atoms. The largest absolute Gasteiger partial charge is 0.313 e. The van der Waals surface area contributed by atoms with Crippen LogP contribution in [0.5, 0.6) is 0 Å². The van der Waals surface area contributed by atoms with Crippen molar-refractivity contribution in [2.45, 2.75) is 13.5 Å². The van der Waals surface area contributed by atoms with Crippen LogP contribution >= 0.6 is 23.6 Å². The van der Waals surface area contributed by atoms with E-state index in [-0.39, 0.29) is 18.4 Å². The molecule has 0 atom stereocenters. The molecule has 1 aromatic heterocycles. The monoisotopic (exact) mass is 383 g/mol.